The van der Waals surface area contributed by atoms with Crippen LogP contribution in [0.5, 0.6) is 0 Å². The van der Waals surface area contributed by atoms with Gasteiger partial charge < -0.3 is 0 Å². The molecule has 0 saturated carbocycles. The first-order chi connectivity index (χ1) is 13.4. The van der Waals surface area contributed by atoms with E-state index >= 15 is 0 Å². The summed E-state index contributed by atoms with van der Waals surface area (Å²) >= 11 is 0. The molecule has 0 amide bonds. The Labute approximate surface area is 161 Å². The Morgan fingerprint density at radius 3 is 1.15 bits per heavy atom. The van der Waals surface area contributed by atoms with Crippen molar-refractivity contribution in [3.05, 3.63) is 156 Å². The predicted octanol–water partition coefficient (Wildman–Crippen LogP) is 6.79. The standard InChI is InChI=1S/C27H21/c1-5-13-22(14-6-1)26(23-15-7-2-8-16-23)21-27(24-17-9-3-10-18-24)25-19-11-4-12-20-25/h1-21H/q+1. The van der Waals surface area contributed by atoms with Crippen molar-refractivity contribution >= 4 is 5.57 Å². The molecule has 0 heterocycles. The van der Waals surface area contributed by atoms with E-state index < -0.39 is 0 Å². The predicted molar refractivity (Wildman–Crippen MR) is 114 cm³/mol. The van der Waals surface area contributed by atoms with Crippen LogP contribution in [0.25, 0.3) is 5.57 Å². The summed E-state index contributed by atoms with van der Waals surface area (Å²) in [5.74, 6) is 1.22. The van der Waals surface area contributed by atoms with Crippen molar-refractivity contribution < 1.29 is 0 Å². The van der Waals surface area contributed by atoms with Crippen LogP contribution in [0, 0.1) is 5.92 Å². The zero-order valence-corrected chi connectivity index (χ0v) is 15.1. The van der Waals surface area contributed by atoms with E-state index in [1.807, 2.05) is 0 Å². The molecule has 0 atom stereocenters. The van der Waals surface area contributed by atoms with E-state index in [0.29, 0.717) is 0 Å². The van der Waals surface area contributed by atoms with Crippen LogP contribution in [0.1, 0.15) is 22.3 Å². The third-order valence-electron chi connectivity index (χ3n) is 4.63. The molecule has 0 N–H and O–H groups in total. The average molecular weight is 345 g/mol. The van der Waals surface area contributed by atoms with Gasteiger partial charge in [-0.25, -0.2) is 0 Å². The molecule has 0 heteroatoms. The van der Waals surface area contributed by atoms with Gasteiger partial charge in [0.05, 0.1) is 17.0 Å². The summed E-state index contributed by atoms with van der Waals surface area (Å²) in [5.41, 5.74) is 6.08. The van der Waals surface area contributed by atoms with Crippen molar-refractivity contribution in [2.75, 3.05) is 0 Å². The van der Waals surface area contributed by atoms with E-state index in [2.05, 4.69) is 127 Å². The summed E-state index contributed by atoms with van der Waals surface area (Å²) in [6, 6.07) is 42.4. The normalized spacial score (nSPS) is 10.2. The third-order valence-corrected chi connectivity index (χ3v) is 4.63. The monoisotopic (exact) mass is 345 g/mol. The second-order valence-corrected chi connectivity index (χ2v) is 6.44. The lowest BCUT2D eigenvalue weighted by Gasteiger charge is -2.12. The molecule has 0 nitrogen and oxygen atoms in total. The van der Waals surface area contributed by atoms with Crippen molar-refractivity contribution in [2.45, 2.75) is 0 Å². The Hall–Kier alpha value is -3.51. The molecule has 128 valence electrons. The highest BCUT2D eigenvalue weighted by molar-refractivity contribution is 5.82. The number of hydrogen-bond donors (Lipinski definition) is 0. The van der Waals surface area contributed by atoms with Gasteiger partial charge >= 0.3 is 0 Å². The lowest BCUT2D eigenvalue weighted by Crippen LogP contribution is -2.01. The highest BCUT2D eigenvalue weighted by Gasteiger charge is 2.20. The molecular formula is C27H21+. The van der Waals surface area contributed by atoms with E-state index in [1.165, 1.54) is 33.7 Å². The van der Waals surface area contributed by atoms with Gasteiger partial charge in [-0.15, -0.1) is 0 Å². The molecular weight excluding hydrogens is 324 g/mol. The minimum Gasteiger partial charge on any atom is -0.0622 e. The van der Waals surface area contributed by atoms with E-state index in [-0.39, 0.29) is 0 Å². The Morgan fingerprint density at radius 1 is 0.444 bits per heavy atom. The van der Waals surface area contributed by atoms with Gasteiger partial charge in [0.2, 0.25) is 0 Å². The molecule has 0 aliphatic rings. The van der Waals surface area contributed by atoms with Crippen LogP contribution in [0.4, 0.5) is 0 Å². The van der Waals surface area contributed by atoms with Gasteiger partial charge in [0.25, 0.3) is 0 Å². The first kappa shape index (κ1) is 16.9. The molecule has 4 aromatic carbocycles. The summed E-state index contributed by atoms with van der Waals surface area (Å²) in [6.45, 7) is 0. The number of allylic oxidation sites excluding steroid dienone is 1. The molecule has 0 aliphatic carbocycles. The molecule has 4 rings (SSSR count). The molecule has 0 unspecified atom stereocenters. The second-order valence-electron chi connectivity index (χ2n) is 6.44. The summed E-state index contributed by atoms with van der Waals surface area (Å²) < 4.78 is 0. The average Bonchev–Trinajstić information content (AvgIpc) is 2.77. The fourth-order valence-electron chi connectivity index (χ4n) is 3.28. The second kappa shape index (κ2) is 8.25. The van der Waals surface area contributed by atoms with Crippen molar-refractivity contribution in [1.82, 2.24) is 0 Å². The van der Waals surface area contributed by atoms with Crippen molar-refractivity contribution in [3.8, 4) is 0 Å². The highest BCUT2D eigenvalue weighted by Crippen LogP contribution is 2.32. The summed E-state index contributed by atoms with van der Waals surface area (Å²) in [6.07, 6.45) is 2.31. The molecule has 0 saturated heterocycles. The molecule has 4 aromatic rings. The van der Waals surface area contributed by atoms with E-state index in [0.717, 1.165) is 0 Å². The maximum Gasteiger partial charge on any atom is 0.0643 e. The van der Waals surface area contributed by atoms with Gasteiger partial charge in [0, 0.05) is 22.8 Å². The molecule has 0 aromatic heterocycles. The Bertz CT molecular complexity index is 904. The first-order valence-corrected chi connectivity index (χ1v) is 9.22. The molecule has 0 fully saturated rings. The Balaban J connectivity index is 1.90. The molecule has 0 radical (unpaired) electrons. The topological polar surface area (TPSA) is 0 Å². The van der Waals surface area contributed by atoms with Gasteiger partial charge in [0.15, 0.2) is 0 Å². The quantitative estimate of drug-likeness (QED) is 0.349. The number of hydrogen-bond acceptors (Lipinski definition) is 0. The van der Waals surface area contributed by atoms with Crippen LogP contribution in [-0.2, 0) is 0 Å². The molecule has 0 aliphatic heterocycles. The van der Waals surface area contributed by atoms with Crippen LogP contribution in [0.15, 0.2) is 127 Å². The highest BCUT2D eigenvalue weighted by atomic mass is 14.2. The smallest absolute Gasteiger partial charge is 0.0622 e. The fourth-order valence-corrected chi connectivity index (χ4v) is 3.28. The van der Waals surface area contributed by atoms with Crippen molar-refractivity contribution in [3.63, 3.8) is 0 Å². The SMILES string of the molecule is C(=C(c1ccccc1)c1ccccc1)[C+](c1ccccc1)c1ccccc1. The maximum absolute atomic E-state index is 2.31. The van der Waals surface area contributed by atoms with Crippen LogP contribution >= 0.6 is 0 Å². The van der Waals surface area contributed by atoms with E-state index in [1.54, 1.807) is 0 Å². The number of rotatable bonds is 5. The molecule has 27 heavy (non-hydrogen) atoms. The number of benzene rings is 4. The summed E-state index contributed by atoms with van der Waals surface area (Å²) in [7, 11) is 0. The van der Waals surface area contributed by atoms with E-state index in [9.17, 15) is 0 Å². The zero-order chi connectivity index (χ0) is 18.3. The zero-order valence-electron chi connectivity index (χ0n) is 15.1. The summed E-state index contributed by atoms with van der Waals surface area (Å²) in [4.78, 5) is 0. The summed E-state index contributed by atoms with van der Waals surface area (Å²) in [5, 5.41) is 0. The fraction of sp³-hybridized carbons (Fsp3) is 0. The lowest BCUT2D eigenvalue weighted by atomic mass is 9.86. The van der Waals surface area contributed by atoms with Crippen molar-refractivity contribution in [2.24, 2.45) is 0 Å². The van der Waals surface area contributed by atoms with Gasteiger partial charge in [-0.3, -0.25) is 0 Å². The Morgan fingerprint density at radius 2 is 0.778 bits per heavy atom. The first-order valence-electron chi connectivity index (χ1n) is 9.22. The van der Waals surface area contributed by atoms with E-state index in [4.69, 9.17) is 0 Å². The van der Waals surface area contributed by atoms with Crippen LogP contribution in [0.3, 0.4) is 0 Å². The van der Waals surface area contributed by atoms with Crippen LogP contribution < -0.4 is 0 Å². The molecule has 0 bridgehead atoms. The Kier molecular flexibility index (Phi) is 5.17. The van der Waals surface area contributed by atoms with Crippen LogP contribution in [-0.4, -0.2) is 0 Å². The van der Waals surface area contributed by atoms with Gasteiger partial charge in [-0.2, -0.15) is 0 Å². The van der Waals surface area contributed by atoms with Gasteiger partial charge in [-0.1, -0.05) is 36.4 Å². The van der Waals surface area contributed by atoms with Crippen molar-refractivity contribution in [1.29, 1.82) is 0 Å². The largest absolute Gasteiger partial charge is 0.0643 e. The minimum atomic E-state index is 1.22. The lowest BCUT2D eigenvalue weighted by molar-refractivity contribution is 1.28. The molecule has 0 spiro atoms. The van der Waals surface area contributed by atoms with Gasteiger partial charge in [-0.05, 0) is 84.9 Å². The minimum absolute atomic E-state index is 1.22. The third kappa shape index (κ3) is 4.02. The van der Waals surface area contributed by atoms with Crippen LogP contribution in [0.2, 0.25) is 0 Å². The van der Waals surface area contributed by atoms with Gasteiger partial charge in [0.1, 0.15) is 0 Å². The maximum atomic E-state index is 2.31.